The van der Waals surface area contributed by atoms with Crippen LogP contribution in [0.25, 0.3) is 0 Å². The number of carboxylic acid groups (broad SMARTS) is 1. The fourth-order valence-electron chi connectivity index (χ4n) is 1.97. The zero-order chi connectivity index (χ0) is 16.4. The van der Waals surface area contributed by atoms with E-state index in [4.69, 9.17) is 5.11 Å². The first-order chi connectivity index (χ1) is 9.57. The first-order valence-corrected chi connectivity index (χ1v) is 7.97. The molecule has 1 N–H and O–H groups in total. The van der Waals surface area contributed by atoms with Gasteiger partial charge >= 0.3 is 5.97 Å². The van der Waals surface area contributed by atoms with Crippen LogP contribution >= 0.6 is 0 Å². The number of benzene rings is 1. The Balaban J connectivity index is 3.25. The van der Waals surface area contributed by atoms with Crippen molar-refractivity contribution in [2.24, 2.45) is 0 Å². The molecule has 118 valence electrons. The predicted molar refractivity (Wildman–Crippen MR) is 81.2 cm³/mol. The van der Waals surface area contributed by atoms with E-state index in [0.717, 1.165) is 0 Å². The van der Waals surface area contributed by atoms with E-state index in [1.165, 1.54) is 17.4 Å². The fraction of sp³-hybridized carbons (Fsp3) is 0.500. The molecule has 0 atom stereocenters. The van der Waals surface area contributed by atoms with E-state index < -0.39 is 16.0 Å². The van der Waals surface area contributed by atoms with Gasteiger partial charge in [0.05, 0.1) is 10.5 Å². The summed E-state index contributed by atoms with van der Waals surface area (Å²) in [4.78, 5) is 13.1. The van der Waals surface area contributed by atoms with E-state index >= 15 is 0 Å². The first-order valence-electron chi connectivity index (χ1n) is 6.53. The molecule has 0 aliphatic heterocycles. The maximum Gasteiger partial charge on any atom is 0.335 e. The molecule has 1 rings (SSSR count). The van der Waals surface area contributed by atoms with Gasteiger partial charge in [-0.1, -0.05) is 6.07 Å². The maximum atomic E-state index is 12.6. The van der Waals surface area contributed by atoms with Gasteiger partial charge in [0.25, 0.3) is 0 Å². The van der Waals surface area contributed by atoms with Gasteiger partial charge in [0, 0.05) is 20.1 Å². The second-order valence-corrected chi connectivity index (χ2v) is 7.38. The lowest BCUT2D eigenvalue weighted by atomic mass is 10.1. The van der Waals surface area contributed by atoms with Crippen LogP contribution in [-0.2, 0) is 10.0 Å². The molecule has 0 radical (unpaired) electrons. The Hall–Kier alpha value is -1.44. The number of aromatic carboxylic acids is 1. The van der Waals surface area contributed by atoms with E-state index in [1.807, 2.05) is 19.0 Å². The molecular weight excluding hydrogens is 292 g/mol. The Labute approximate surface area is 126 Å². The van der Waals surface area contributed by atoms with Crippen LogP contribution in [0.1, 0.15) is 21.5 Å². The minimum absolute atomic E-state index is 0.0141. The van der Waals surface area contributed by atoms with Gasteiger partial charge in [0.2, 0.25) is 10.0 Å². The Kier molecular flexibility index (Phi) is 5.49. The monoisotopic (exact) mass is 314 g/mol. The number of hydrogen-bond donors (Lipinski definition) is 1. The lowest BCUT2D eigenvalue weighted by molar-refractivity contribution is 0.0696. The van der Waals surface area contributed by atoms with Crippen LogP contribution < -0.4 is 0 Å². The van der Waals surface area contributed by atoms with Crippen LogP contribution in [0.4, 0.5) is 0 Å². The molecule has 21 heavy (non-hydrogen) atoms. The summed E-state index contributed by atoms with van der Waals surface area (Å²) in [7, 11) is 1.53. The second kappa shape index (κ2) is 6.55. The maximum absolute atomic E-state index is 12.6. The number of aryl methyl sites for hydroxylation is 2. The largest absolute Gasteiger partial charge is 0.478 e. The highest BCUT2D eigenvalue weighted by Gasteiger charge is 2.24. The molecule has 6 nitrogen and oxygen atoms in total. The van der Waals surface area contributed by atoms with Crippen LogP contribution in [0.2, 0.25) is 0 Å². The number of carboxylic acids is 1. The molecule has 0 aromatic heterocycles. The van der Waals surface area contributed by atoms with Crippen molar-refractivity contribution in [1.29, 1.82) is 0 Å². The standard InChI is InChI=1S/C14H22N2O4S/c1-10-8-11(2)13(9-12(10)14(17)18)21(19,20)16(5)7-6-15(3)4/h8-9H,6-7H2,1-5H3,(H,17,18). The molecule has 0 spiro atoms. The molecule has 0 unspecified atom stereocenters. The summed E-state index contributed by atoms with van der Waals surface area (Å²) in [6.45, 7) is 4.26. The SMILES string of the molecule is Cc1cc(C)c(S(=O)(=O)N(C)CCN(C)C)cc1C(=O)O. The number of rotatable bonds is 6. The second-order valence-electron chi connectivity index (χ2n) is 5.37. The number of sulfonamides is 1. The fourth-order valence-corrected chi connectivity index (χ4v) is 3.36. The van der Waals surface area contributed by atoms with Crippen LogP contribution in [0.5, 0.6) is 0 Å². The predicted octanol–water partition coefficient (Wildman–Crippen LogP) is 1.18. The quantitative estimate of drug-likeness (QED) is 0.853. The van der Waals surface area contributed by atoms with Crippen LogP contribution in [0.3, 0.4) is 0 Å². The van der Waals surface area contributed by atoms with Crippen LogP contribution in [-0.4, -0.2) is 62.9 Å². The molecule has 0 bridgehead atoms. The molecule has 1 aromatic carbocycles. The van der Waals surface area contributed by atoms with Gasteiger partial charge in [0.1, 0.15) is 0 Å². The first kappa shape index (κ1) is 17.6. The van der Waals surface area contributed by atoms with Gasteiger partial charge in [0.15, 0.2) is 0 Å². The number of carbonyl (C=O) groups is 1. The van der Waals surface area contributed by atoms with Crippen molar-refractivity contribution in [3.8, 4) is 0 Å². The summed E-state index contributed by atoms with van der Waals surface area (Å²) in [5.74, 6) is -1.13. The minimum atomic E-state index is -3.69. The highest BCUT2D eigenvalue weighted by molar-refractivity contribution is 7.89. The summed E-state index contributed by atoms with van der Waals surface area (Å²) in [6, 6.07) is 2.84. The van der Waals surface area contributed by atoms with Crippen molar-refractivity contribution in [1.82, 2.24) is 9.21 Å². The van der Waals surface area contributed by atoms with E-state index in [9.17, 15) is 13.2 Å². The topological polar surface area (TPSA) is 77.9 Å². The summed E-state index contributed by atoms with van der Waals surface area (Å²) < 4.78 is 26.4. The van der Waals surface area contributed by atoms with Gasteiger partial charge < -0.3 is 10.0 Å². The van der Waals surface area contributed by atoms with Gasteiger partial charge in [-0.2, -0.15) is 4.31 Å². The number of likely N-dealkylation sites (N-methyl/N-ethyl adjacent to an activating group) is 2. The molecule has 0 saturated carbocycles. The summed E-state index contributed by atoms with van der Waals surface area (Å²) in [5, 5.41) is 9.15. The van der Waals surface area contributed by atoms with Gasteiger partial charge in [-0.15, -0.1) is 0 Å². The highest BCUT2D eigenvalue weighted by atomic mass is 32.2. The van der Waals surface area contributed by atoms with Gasteiger partial charge in [-0.3, -0.25) is 0 Å². The minimum Gasteiger partial charge on any atom is -0.478 e. The molecule has 0 saturated heterocycles. The molecule has 0 aliphatic rings. The normalized spacial score (nSPS) is 12.1. The van der Waals surface area contributed by atoms with Crippen molar-refractivity contribution >= 4 is 16.0 Å². The molecule has 0 fully saturated rings. The zero-order valence-electron chi connectivity index (χ0n) is 13.0. The molecule has 7 heteroatoms. The van der Waals surface area contributed by atoms with Crippen molar-refractivity contribution in [3.63, 3.8) is 0 Å². The van der Waals surface area contributed by atoms with E-state index in [-0.39, 0.29) is 10.5 Å². The Bertz CT molecular complexity index is 639. The van der Waals surface area contributed by atoms with E-state index in [2.05, 4.69) is 0 Å². The van der Waals surface area contributed by atoms with Crippen molar-refractivity contribution in [2.45, 2.75) is 18.7 Å². The van der Waals surface area contributed by atoms with Crippen molar-refractivity contribution in [2.75, 3.05) is 34.2 Å². The van der Waals surface area contributed by atoms with Crippen molar-refractivity contribution in [3.05, 3.63) is 28.8 Å². The Morgan fingerprint density at radius 1 is 1.10 bits per heavy atom. The van der Waals surface area contributed by atoms with Crippen molar-refractivity contribution < 1.29 is 18.3 Å². The van der Waals surface area contributed by atoms with Gasteiger partial charge in [-0.25, -0.2) is 13.2 Å². The number of hydrogen-bond acceptors (Lipinski definition) is 4. The molecular formula is C14H22N2O4S. The van der Waals surface area contributed by atoms with Crippen LogP contribution in [0, 0.1) is 13.8 Å². The van der Waals surface area contributed by atoms with Crippen LogP contribution in [0.15, 0.2) is 17.0 Å². The summed E-state index contributed by atoms with van der Waals surface area (Å²) >= 11 is 0. The average molecular weight is 314 g/mol. The van der Waals surface area contributed by atoms with E-state index in [0.29, 0.717) is 24.2 Å². The number of nitrogens with zero attached hydrogens (tertiary/aromatic N) is 2. The Morgan fingerprint density at radius 3 is 2.14 bits per heavy atom. The third kappa shape index (κ3) is 4.03. The summed E-state index contributed by atoms with van der Waals surface area (Å²) in [6.07, 6.45) is 0. The molecule has 1 aromatic rings. The molecule has 0 heterocycles. The average Bonchev–Trinajstić information content (AvgIpc) is 2.34. The third-order valence-corrected chi connectivity index (χ3v) is 5.30. The molecule has 0 amide bonds. The van der Waals surface area contributed by atoms with E-state index in [1.54, 1.807) is 19.9 Å². The zero-order valence-corrected chi connectivity index (χ0v) is 13.9. The smallest absolute Gasteiger partial charge is 0.335 e. The highest BCUT2D eigenvalue weighted by Crippen LogP contribution is 2.23. The third-order valence-electron chi connectivity index (χ3n) is 3.30. The summed E-state index contributed by atoms with van der Waals surface area (Å²) in [5.41, 5.74) is 1.12. The Morgan fingerprint density at radius 2 is 1.67 bits per heavy atom. The molecule has 0 aliphatic carbocycles. The van der Waals surface area contributed by atoms with Gasteiger partial charge in [-0.05, 0) is 45.1 Å². The lowest BCUT2D eigenvalue weighted by Gasteiger charge is -2.21. The lowest BCUT2D eigenvalue weighted by Crippen LogP contribution is -2.34.